The van der Waals surface area contributed by atoms with Gasteiger partial charge in [0.1, 0.15) is 6.04 Å². The summed E-state index contributed by atoms with van der Waals surface area (Å²) in [5.74, 6) is 0.802. The lowest BCUT2D eigenvalue weighted by molar-refractivity contribution is -0.141. The van der Waals surface area contributed by atoms with Gasteiger partial charge in [0.05, 0.1) is 0 Å². The third-order valence-corrected chi connectivity index (χ3v) is 6.76. The minimum Gasteiger partial charge on any atom is -0.480 e. The van der Waals surface area contributed by atoms with Gasteiger partial charge in [0, 0.05) is 25.6 Å². The molecule has 6 nitrogen and oxygen atoms in total. The minimum atomic E-state index is -1.01. The second kappa shape index (κ2) is 17.8. The van der Waals surface area contributed by atoms with Gasteiger partial charge in [-0.1, -0.05) is 37.1 Å². The number of hydrogen-bond acceptors (Lipinski definition) is 4. The lowest BCUT2D eigenvalue weighted by Crippen LogP contribution is -2.42. The van der Waals surface area contributed by atoms with E-state index in [4.69, 9.17) is 0 Å². The fourth-order valence-corrected chi connectivity index (χ4v) is 4.36. The number of carboxylic acid groups (broad SMARTS) is 1. The van der Waals surface area contributed by atoms with Crippen molar-refractivity contribution in [2.24, 2.45) is 11.8 Å². The standard InChI is InChI=1S/C25H44N2O4S/c1-18(2)10-7-11-19(3)12-8-13-20(4)21(5)16-32-17-23(25(30)31)27-24(29)14-9-15-26-22(6)28/h10,12,20-21,23H,7-9,11,13-17H2,1-6H3,(H,26,28)(H,27,29)(H,30,31)/b19-12+. The Morgan fingerprint density at radius 2 is 1.62 bits per heavy atom. The zero-order valence-corrected chi connectivity index (χ0v) is 21.6. The number of rotatable bonds is 17. The summed E-state index contributed by atoms with van der Waals surface area (Å²) in [5, 5.41) is 14.6. The van der Waals surface area contributed by atoms with Gasteiger partial charge in [-0.15, -0.1) is 0 Å². The predicted octanol–water partition coefficient (Wildman–Crippen LogP) is 4.95. The summed E-state index contributed by atoms with van der Waals surface area (Å²) in [7, 11) is 0. The molecule has 0 rings (SSSR count). The first-order chi connectivity index (χ1) is 15.0. The van der Waals surface area contributed by atoms with Crippen LogP contribution in [0.3, 0.4) is 0 Å². The average Bonchev–Trinajstić information content (AvgIpc) is 2.69. The Hall–Kier alpha value is -1.76. The molecule has 0 bridgehead atoms. The van der Waals surface area contributed by atoms with Gasteiger partial charge in [-0.05, 0) is 70.5 Å². The SMILES string of the molecule is CC(=O)NCCCC(=O)NC(CSCC(C)C(C)CC/C=C(\C)CCC=C(C)C)C(=O)O. The van der Waals surface area contributed by atoms with E-state index in [1.165, 1.54) is 18.1 Å². The summed E-state index contributed by atoms with van der Waals surface area (Å²) in [4.78, 5) is 34.3. The van der Waals surface area contributed by atoms with Crippen molar-refractivity contribution in [3.05, 3.63) is 23.3 Å². The second-order valence-corrected chi connectivity index (χ2v) is 10.1. The first-order valence-electron chi connectivity index (χ1n) is 11.7. The molecule has 0 aromatic heterocycles. The lowest BCUT2D eigenvalue weighted by Gasteiger charge is -2.20. The van der Waals surface area contributed by atoms with E-state index in [-0.39, 0.29) is 18.2 Å². The number of allylic oxidation sites excluding steroid dienone is 4. The number of carbonyl (C=O) groups excluding carboxylic acids is 2. The van der Waals surface area contributed by atoms with Crippen LogP contribution in [0.25, 0.3) is 0 Å². The Kier molecular flexibility index (Phi) is 16.8. The van der Waals surface area contributed by atoms with Crippen molar-refractivity contribution >= 4 is 29.5 Å². The van der Waals surface area contributed by atoms with Crippen molar-refractivity contribution in [3.63, 3.8) is 0 Å². The Morgan fingerprint density at radius 3 is 2.22 bits per heavy atom. The summed E-state index contributed by atoms with van der Waals surface area (Å²) in [5.41, 5.74) is 2.80. The molecule has 3 atom stereocenters. The van der Waals surface area contributed by atoms with E-state index in [0.717, 1.165) is 31.4 Å². The van der Waals surface area contributed by atoms with Crippen LogP contribution in [-0.4, -0.2) is 47.0 Å². The largest absolute Gasteiger partial charge is 0.480 e. The van der Waals surface area contributed by atoms with Crippen molar-refractivity contribution in [1.29, 1.82) is 0 Å². The molecule has 0 spiro atoms. The molecule has 0 aliphatic carbocycles. The summed E-state index contributed by atoms with van der Waals surface area (Å²) >= 11 is 1.58. The van der Waals surface area contributed by atoms with Crippen LogP contribution in [0, 0.1) is 11.8 Å². The Labute approximate surface area is 199 Å². The third-order valence-electron chi connectivity index (χ3n) is 5.43. The van der Waals surface area contributed by atoms with Gasteiger partial charge in [0.25, 0.3) is 0 Å². The first-order valence-corrected chi connectivity index (χ1v) is 12.8. The first kappa shape index (κ1) is 30.2. The van der Waals surface area contributed by atoms with Crippen LogP contribution < -0.4 is 10.6 Å². The van der Waals surface area contributed by atoms with E-state index >= 15 is 0 Å². The predicted molar refractivity (Wildman–Crippen MR) is 135 cm³/mol. The molecule has 0 aliphatic rings. The van der Waals surface area contributed by atoms with E-state index in [0.29, 0.717) is 30.6 Å². The molecule has 7 heteroatoms. The molecule has 0 saturated heterocycles. The highest BCUT2D eigenvalue weighted by Crippen LogP contribution is 2.22. The normalized spacial score (nSPS) is 14.2. The van der Waals surface area contributed by atoms with E-state index in [1.807, 2.05) is 0 Å². The molecule has 32 heavy (non-hydrogen) atoms. The summed E-state index contributed by atoms with van der Waals surface area (Å²) in [6.07, 6.45) is 9.71. The highest BCUT2D eigenvalue weighted by Gasteiger charge is 2.21. The summed E-state index contributed by atoms with van der Waals surface area (Å²) in [6, 6.07) is -0.887. The summed E-state index contributed by atoms with van der Waals surface area (Å²) in [6.45, 7) is 12.7. The molecule has 3 N–H and O–H groups in total. The third kappa shape index (κ3) is 16.9. The van der Waals surface area contributed by atoms with Crippen LogP contribution in [-0.2, 0) is 14.4 Å². The topological polar surface area (TPSA) is 95.5 Å². The molecule has 0 aliphatic heterocycles. The smallest absolute Gasteiger partial charge is 0.327 e. The fourth-order valence-electron chi connectivity index (χ4n) is 3.06. The highest BCUT2D eigenvalue weighted by atomic mass is 32.2. The number of amides is 2. The van der Waals surface area contributed by atoms with Gasteiger partial charge < -0.3 is 15.7 Å². The molecule has 2 amide bonds. The molecular weight excluding hydrogens is 424 g/mol. The summed E-state index contributed by atoms with van der Waals surface area (Å²) < 4.78 is 0. The van der Waals surface area contributed by atoms with Crippen LogP contribution in [0.5, 0.6) is 0 Å². The number of aliphatic carboxylic acids is 1. The molecule has 0 aromatic rings. The van der Waals surface area contributed by atoms with Crippen LogP contribution in [0.1, 0.15) is 80.1 Å². The number of hydrogen-bond donors (Lipinski definition) is 3. The second-order valence-electron chi connectivity index (χ2n) is 8.98. The van der Waals surface area contributed by atoms with Gasteiger partial charge in [-0.2, -0.15) is 11.8 Å². The van der Waals surface area contributed by atoms with Gasteiger partial charge in [-0.25, -0.2) is 4.79 Å². The zero-order valence-electron chi connectivity index (χ0n) is 20.8. The van der Waals surface area contributed by atoms with Crippen LogP contribution in [0.15, 0.2) is 23.3 Å². The van der Waals surface area contributed by atoms with Crippen molar-refractivity contribution in [2.75, 3.05) is 18.1 Å². The zero-order chi connectivity index (χ0) is 24.5. The quantitative estimate of drug-likeness (QED) is 0.207. The molecule has 0 fully saturated rings. The number of thioether (sulfide) groups is 1. The minimum absolute atomic E-state index is 0.140. The number of carbonyl (C=O) groups is 3. The molecule has 0 heterocycles. The van der Waals surface area contributed by atoms with Crippen LogP contribution in [0.4, 0.5) is 0 Å². The molecule has 184 valence electrons. The van der Waals surface area contributed by atoms with Crippen LogP contribution >= 0.6 is 11.8 Å². The maximum atomic E-state index is 12.0. The monoisotopic (exact) mass is 468 g/mol. The molecular formula is C25H44N2O4S. The molecule has 0 saturated carbocycles. The number of carboxylic acids is 1. The maximum Gasteiger partial charge on any atom is 0.327 e. The average molecular weight is 469 g/mol. The van der Waals surface area contributed by atoms with E-state index in [1.54, 1.807) is 11.8 Å². The highest BCUT2D eigenvalue weighted by molar-refractivity contribution is 7.99. The molecule has 0 aromatic carbocycles. The van der Waals surface area contributed by atoms with Crippen molar-refractivity contribution in [2.45, 2.75) is 86.1 Å². The number of nitrogens with one attached hydrogen (secondary N) is 2. The van der Waals surface area contributed by atoms with E-state index in [2.05, 4.69) is 57.4 Å². The van der Waals surface area contributed by atoms with Gasteiger partial charge in [0.15, 0.2) is 0 Å². The Balaban J connectivity index is 4.22. The van der Waals surface area contributed by atoms with Crippen LogP contribution in [0.2, 0.25) is 0 Å². The van der Waals surface area contributed by atoms with Gasteiger partial charge >= 0.3 is 5.97 Å². The fraction of sp³-hybridized carbons (Fsp3) is 0.720. The molecule has 3 unspecified atom stereocenters. The maximum absolute atomic E-state index is 12.0. The lowest BCUT2D eigenvalue weighted by atomic mass is 9.92. The van der Waals surface area contributed by atoms with Crippen molar-refractivity contribution < 1.29 is 19.5 Å². The Morgan fingerprint density at radius 1 is 0.938 bits per heavy atom. The van der Waals surface area contributed by atoms with Gasteiger partial charge in [-0.3, -0.25) is 9.59 Å². The van der Waals surface area contributed by atoms with Crippen molar-refractivity contribution in [3.8, 4) is 0 Å². The van der Waals surface area contributed by atoms with E-state index < -0.39 is 12.0 Å². The van der Waals surface area contributed by atoms with Gasteiger partial charge in [0.2, 0.25) is 11.8 Å². The van der Waals surface area contributed by atoms with E-state index in [9.17, 15) is 19.5 Å². The van der Waals surface area contributed by atoms with Crippen molar-refractivity contribution in [1.82, 2.24) is 10.6 Å². The Bertz CT molecular complexity index is 642. The molecule has 0 radical (unpaired) electrons.